The molecule has 1 aromatic heterocycles. The Kier molecular flexibility index (Phi) is 3.91. The summed E-state index contributed by atoms with van der Waals surface area (Å²) in [6, 6.07) is 4.72. The van der Waals surface area contributed by atoms with Crippen LogP contribution in [0.3, 0.4) is 0 Å². The highest BCUT2D eigenvalue weighted by Crippen LogP contribution is 2.36. The van der Waals surface area contributed by atoms with Crippen molar-refractivity contribution in [3.8, 4) is 0 Å². The number of aromatic nitrogens is 2. The number of carbonyl (C=O) groups excluding carboxylic acids is 1. The summed E-state index contributed by atoms with van der Waals surface area (Å²) in [5, 5.41) is 19.0. The molecule has 0 radical (unpaired) electrons. The zero-order valence-electron chi connectivity index (χ0n) is 13.1. The number of amides is 1. The van der Waals surface area contributed by atoms with Crippen molar-refractivity contribution >= 4 is 34.3 Å². The minimum atomic E-state index is -0.449. The maximum absolute atomic E-state index is 13.1. The Morgan fingerprint density at radius 1 is 1.38 bits per heavy atom. The van der Waals surface area contributed by atoms with Crippen LogP contribution in [0.4, 0.5) is 5.69 Å². The number of carbonyl (C=O) groups is 1. The highest BCUT2D eigenvalue weighted by Gasteiger charge is 2.37. The Balaban J connectivity index is 1.69. The molecule has 1 N–H and O–H groups in total. The molecule has 7 nitrogen and oxygen atoms in total. The quantitative estimate of drug-likeness (QED) is 0.667. The first-order valence-electron chi connectivity index (χ1n) is 8.20. The van der Waals surface area contributed by atoms with Gasteiger partial charge in [-0.1, -0.05) is 12.8 Å². The highest BCUT2D eigenvalue weighted by molar-refractivity contribution is 8.00. The number of H-pyrrole nitrogens is 1. The first kappa shape index (κ1) is 15.4. The molecule has 2 aliphatic rings. The average molecular weight is 346 g/mol. The average Bonchev–Trinajstić information content (AvgIpc) is 3.03. The molecule has 1 aliphatic heterocycles. The van der Waals surface area contributed by atoms with E-state index in [1.807, 2.05) is 16.7 Å². The zero-order chi connectivity index (χ0) is 16.7. The van der Waals surface area contributed by atoms with Gasteiger partial charge in [-0.25, -0.2) is 0 Å². The topological polar surface area (TPSA) is 92.1 Å². The number of aromatic amines is 1. The Hall–Kier alpha value is -2.09. The van der Waals surface area contributed by atoms with Crippen LogP contribution in [0.25, 0.3) is 10.9 Å². The zero-order valence-corrected chi connectivity index (χ0v) is 13.9. The summed E-state index contributed by atoms with van der Waals surface area (Å²) in [6.45, 7) is 0.716. The number of benzene rings is 1. The van der Waals surface area contributed by atoms with Gasteiger partial charge in [0, 0.05) is 41.1 Å². The van der Waals surface area contributed by atoms with E-state index in [1.165, 1.54) is 18.6 Å². The van der Waals surface area contributed by atoms with Crippen LogP contribution in [0, 0.1) is 10.1 Å². The predicted molar refractivity (Wildman–Crippen MR) is 92.3 cm³/mol. The SMILES string of the molecule is O=C(c1n[nH]c2ccc([N+](=O)[O-])cc12)N1CCS[C@H]2CCCC[C@@H]21. The fourth-order valence-electron chi connectivity index (χ4n) is 3.76. The van der Waals surface area contributed by atoms with Gasteiger partial charge in [-0.15, -0.1) is 0 Å². The van der Waals surface area contributed by atoms with Gasteiger partial charge in [-0.05, 0) is 18.9 Å². The number of fused-ring (bicyclic) bond motifs is 2. The summed E-state index contributed by atoms with van der Waals surface area (Å²) in [5.41, 5.74) is 0.920. The van der Waals surface area contributed by atoms with E-state index in [1.54, 1.807) is 6.07 Å². The monoisotopic (exact) mass is 346 g/mol. The molecular weight excluding hydrogens is 328 g/mol. The molecule has 1 saturated heterocycles. The summed E-state index contributed by atoms with van der Waals surface area (Å²) < 4.78 is 0. The van der Waals surface area contributed by atoms with E-state index in [-0.39, 0.29) is 17.6 Å². The number of nitrogens with zero attached hydrogens (tertiary/aromatic N) is 3. The van der Waals surface area contributed by atoms with E-state index in [4.69, 9.17) is 0 Å². The standard InChI is InChI=1S/C16H18N4O3S/c21-16(19-7-8-24-14-4-2-1-3-13(14)19)15-11-9-10(20(22)23)5-6-12(11)17-18-15/h5-6,9,13-14H,1-4,7-8H2,(H,17,18)/t13-,14-/m0/s1. The van der Waals surface area contributed by atoms with Crippen LogP contribution in [0.5, 0.6) is 0 Å². The van der Waals surface area contributed by atoms with Crippen molar-refractivity contribution in [3.63, 3.8) is 0 Å². The van der Waals surface area contributed by atoms with Gasteiger partial charge in [0.25, 0.3) is 11.6 Å². The number of non-ortho nitro benzene ring substituents is 1. The van der Waals surface area contributed by atoms with Crippen LogP contribution in [0.15, 0.2) is 18.2 Å². The lowest BCUT2D eigenvalue weighted by molar-refractivity contribution is -0.384. The second-order valence-electron chi connectivity index (χ2n) is 6.32. The fourth-order valence-corrected chi connectivity index (χ4v) is 5.21. The summed E-state index contributed by atoms with van der Waals surface area (Å²) in [4.78, 5) is 25.6. The predicted octanol–water partition coefficient (Wildman–Crippen LogP) is 2.97. The number of nitro groups is 1. The van der Waals surface area contributed by atoms with Crippen LogP contribution in [-0.2, 0) is 0 Å². The first-order valence-corrected chi connectivity index (χ1v) is 9.25. The van der Waals surface area contributed by atoms with Gasteiger partial charge in [0.2, 0.25) is 0 Å². The number of thioether (sulfide) groups is 1. The van der Waals surface area contributed by atoms with E-state index >= 15 is 0 Å². The first-order chi connectivity index (χ1) is 11.6. The molecular formula is C16H18N4O3S. The Morgan fingerprint density at radius 2 is 2.21 bits per heavy atom. The Morgan fingerprint density at radius 3 is 3.04 bits per heavy atom. The summed E-state index contributed by atoms with van der Waals surface area (Å²) in [5.74, 6) is 0.828. The largest absolute Gasteiger partial charge is 0.332 e. The van der Waals surface area contributed by atoms with Gasteiger partial charge < -0.3 is 4.90 Å². The molecule has 2 atom stereocenters. The number of hydrogen-bond acceptors (Lipinski definition) is 5. The molecule has 2 aromatic rings. The molecule has 1 aromatic carbocycles. The second-order valence-corrected chi connectivity index (χ2v) is 7.67. The molecule has 2 heterocycles. The molecule has 0 spiro atoms. The molecule has 1 amide bonds. The Labute approximate surface area is 142 Å². The second kappa shape index (κ2) is 6.08. The molecule has 0 bridgehead atoms. The molecule has 8 heteroatoms. The van der Waals surface area contributed by atoms with Crippen LogP contribution in [0.2, 0.25) is 0 Å². The van der Waals surface area contributed by atoms with Crippen molar-refractivity contribution in [3.05, 3.63) is 34.0 Å². The van der Waals surface area contributed by atoms with Gasteiger partial charge in [0.1, 0.15) is 0 Å². The van der Waals surface area contributed by atoms with Crippen molar-refractivity contribution < 1.29 is 9.72 Å². The van der Waals surface area contributed by atoms with E-state index in [9.17, 15) is 14.9 Å². The lowest BCUT2D eigenvalue weighted by atomic mass is 9.93. The smallest absolute Gasteiger partial charge is 0.275 e. The van der Waals surface area contributed by atoms with E-state index in [0.29, 0.717) is 28.4 Å². The van der Waals surface area contributed by atoms with Crippen molar-refractivity contribution in [2.45, 2.75) is 37.0 Å². The molecule has 0 unspecified atom stereocenters. The summed E-state index contributed by atoms with van der Waals surface area (Å²) in [6.07, 6.45) is 4.57. The van der Waals surface area contributed by atoms with Crippen LogP contribution >= 0.6 is 11.8 Å². The molecule has 1 aliphatic carbocycles. The van der Waals surface area contributed by atoms with Gasteiger partial charge in [0.05, 0.1) is 10.4 Å². The maximum atomic E-state index is 13.1. The van der Waals surface area contributed by atoms with Crippen molar-refractivity contribution in [1.29, 1.82) is 0 Å². The van der Waals surface area contributed by atoms with Crippen molar-refractivity contribution in [2.24, 2.45) is 0 Å². The van der Waals surface area contributed by atoms with E-state index < -0.39 is 4.92 Å². The normalized spacial score (nSPS) is 23.9. The van der Waals surface area contributed by atoms with Crippen LogP contribution < -0.4 is 0 Å². The Bertz CT molecular complexity index is 804. The van der Waals surface area contributed by atoms with Crippen LogP contribution in [-0.4, -0.2) is 49.5 Å². The fraction of sp³-hybridized carbons (Fsp3) is 0.500. The molecule has 24 heavy (non-hydrogen) atoms. The highest BCUT2D eigenvalue weighted by atomic mass is 32.2. The lowest BCUT2D eigenvalue weighted by Gasteiger charge is -2.43. The van der Waals surface area contributed by atoms with Gasteiger partial charge in [-0.3, -0.25) is 20.0 Å². The number of rotatable bonds is 2. The van der Waals surface area contributed by atoms with Crippen molar-refractivity contribution in [2.75, 3.05) is 12.3 Å². The van der Waals surface area contributed by atoms with Gasteiger partial charge >= 0.3 is 0 Å². The van der Waals surface area contributed by atoms with Crippen molar-refractivity contribution in [1.82, 2.24) is 15.1 Å². The summed E-state index contributed by atoms with van der Waals surface area (Å²) in [7, 11) is 0. The third-order valence-electron chi connectivity index (χ3n) is 4.95. The number of nitrogens with one attached hydrogen (secondary N) is 1. The minimum absolute atomic E-state index is 0.0253. The minimum Gasteiger partial charge on any atom is -0.332 e. The van der Waals surface area contributed by atoms with E-state index in [2.05, 4.69) is 10.2 Å². The molecule has 1 saturated carbocycles. The molecule has 2 fully saturated rings. The van der Waals surface area contributed by atoms with E-state index in [0.717, 1.165) is 25.0 Å². The lowest BCUT2D eigenvalue weighted by Crippen LogP contribution is -2.51. The van der Waals surface area contributed by atoms with Gasteiger partial charge in [-0.2, -0.15) is 16.9 Å². The third kappa shape index (κ3) is 2.54. The molecule has 126 valence electrons. The molecule has 4 rings (SSSR count). The van der Waals surface area contributed by atoms with Gasteiger partial charge in [0.15, 0.2) is 5.69 Å². The maximum Gasteiger partial charge on any atom is 0.275 e. The number of nitro benzene ring substituents is 1. The summed E-state index contributed by atoms with van der Waals surface area (Å²) >= 11 is 1.96. The third-order valence-corrected chi connectivity index (χ3v) is 6.35. The van der Waals surface area contributed by atoms with Crippen LogP contribution in [0.1, 0.15) is 36.2 Å². The number of hydrogen-bond donors (Lipinski definition) is 1.